The third-order valence-corrected chi connectivity index (χ3v) is 4.69. The Kier molecular flexibility index (Phi) is 4.29. The lowest BCUT2D eigenvalue weighted by atomic mass is 9.93. The van der Waals surface area contributed by atoms with Gasteiger partial charge in [-0.3, -0.25) is 0 Å². The fraction of sp³-hybridized carbons (Fsp3) is 0.533. The lowest BCUT2D eigenvalue weighted by Crippen LogP contribution is -2.25. The van der Waals surface area contributed by atoms with Crippen molar-refractivity contribution in [2.45, 2.75) is 39.2 Å². The van der Waals surface area contributed by atoms with E-state index in [4.69, 9.17) is 0 Å². The van der Waals surface area contributed by atoms with E-state index in [0.29, 0.717) is 12.0 Å². The largest absolute Gasteiger partial charge is 0.381 e. The van der Waals surface area contributed by atoms with Gasteiger partial charge in [0.05, 0.1) is 11.3 Å². The Morgan fingerprint density at radius 2 is 2.22 bits per heavy atom. The van der Waals surface area contributed by atoms with E-state index in [1.807, 2.05) is 18.2 Å². The number of hydrogen-bond donors (Lipinski definition) is 1. The molecule has 0 spiro atoms. The second-order valence-corrected chi connectivity index (χ2v) is 6.07. The molecule has 2 nitrogen and oxygen atoms in total. The summed E-state index contributed by atoms with van der Waals surface area (Å²) in [4.78, 5) is 0. The molecule has 1 fully saturated rings. The Hall–Kier alpha value is -1.01. The van der Waals surface area contributed by atoms with Gasteiger partial charge >= 0.3 is 0 Å². The third kappa shape index (κ3) is 2.70. The number of benzene rings is 1. The highest BCUT2D eigenvalue weighted by Crippen LogP contribution is 2.36. The number of hydrogen-bond acceptors (Lipinski definition) is 2. The van der Waals surface area contributed by atoms with Crippen LogP contribution >= 0.6 is 15.9 Å². The molecule has 3 atom stereocenters. The van der Waals surface area contributed by atoms with Gasteiger partial charge in [-0.15, -0.1) is 0 Å². The Morgan fingerprint density at radius 1 is 1.44 bits per heavy atom. The SMILES string of the molecule is CCC1CCC(Nc2ccc(Br)cc2C#N)C1C. The summed E-state index contributed by atoms with van der Waals surface area (Å²) in [6.07, 6.45) is 3.76. The first kappa shape index (κ1) is 13.4. The summed E-state index contributed by atoms with van der Waals surface area (Å²) < 4.78 is 0.954. The van der Waals surface area contributed by atoms with Crippen LogP contribution in [-0.2, 0) is 0 Å². The average molecular weight is 307 g/mol. The van der Waals surface area contributed by atoms with E-state index in [1.165, 1.54) is 19.3 Å². The molecule has 18 heavy (non-hydrogen) atoms. The fourth-order valence-electron chi connectivity index (χ4n) is 2.96. The maximum Gasteiger partial charge on any atom is 0.101 e. The number of nitriles is 1. The second-order valence-electron chi connectivity index (χ2n) is 5.16. The van der Waals surface area contributed by atoms with E-state index in [9.17, 15) is 5.26 Å². The molecule has 1 N–H and O–H groups in total. The molecule has 1 aliphatic rings. The predicted molar refractivity (Wildman–Crippen MR) is 78.4 cm³/mol. The van der Waals surface area contributed by atoms with Crippen LogP contribution in [0.3, 0.4) is 0 Å². The monoisotopic (exact) mass is 306 g/mol. The van der Waals surface area contributed by atoms with E-state index in [1.54, 1.807) is 0 Å². The minimum atomic E-state index is 0.503. The molecule has 0 heterocycles. The normalized spacial score (nSPS) is 26.9. The van der Waals surface area contributed by atoms with Crippen molar-refractivity contribution >= 4 is 21.6 Å². The van der Waals surface area contributed by atoms with Gasteiger partial charge in [-0.05, 0) is 42.9 Å². The van der Waals surface area contributed by atoms with Crippen molar-refractivity contribution in [1.29, 1.82) is 5.26 Å². The van der Waals surface area contributed by atoms with Crippen LogP contribution < -0.4 is 5.32 Å². The molecular formula is C15H19BrN2. The van der Waals surface area contributed by atoms with Gasteiger partial charge in [-0.2, -0.15) is 5.26 Å². The molecule has 0 bridgehead atoms. The Morgan fingerprint density at radius 3 is 2.83 bits per heavy atom. The average Bonchev–Trinajstić information content (AvgIpc) is 2.72. The molecule has 0 amide bonds. The van der Waals surface area contributed by atoms with E-state index >= 15 is 0 Å². The van der Waals surface area contributed by atoms with Crippen molar-refractivity contribution < 1.29 is 0 Å². The van der Waals surface area contributed by atoms with Gasteiger partial charge in [0.25, 0.3) is 0 Å². The minimum Gasteiger partial charge on any atom is -0.381 e. The van der Waals surface area contributed by atoms with Gasteiger partial charge in [0.2, 0.25) is 0 Å². The maximum atomic E-state index is 9.17. The summed E-state index contributed by atoms with van der Waals surface area (Å²) in [5, 5.41) is 12.7. The maximum absolute atomic E-state index is 9.17. The van der Waals surface area contributed by atoms with Gasteiger partial charge in [-0.25, -0.2) is 0 Å². The van der Waals surface area contributed by atoms with Gasteiger partial charge < -0.3 is 5.32 Å². The van der Waals surface area contributed by atoms with Crippen molar-refractivity contribution in [2.75, 3.05) is 5.32 Å². The highest BCUT2D eigenvalue weighted by Gasteiger charge is 2.31. The van der Waals surface area contributed by atoms with Crippen molar-refractivity contribution in [1.82, 2.24) is 0 Å². The van der Waals surface area contributed by atoms with E-state index in [-0.39, 0.29) is 0 Å². The standard InChI is InChI=1S/C15H19BrN2/c1-3-11-4-6-14(10(11)2)18-15-7-5-13(16)8-12(15)9-17/h5,7-8,10-11,14,18H,3-4,6H2,1-2H3. The molecule has 3 heteroatoms. The lowest BCUT2D eigenvalue weighted by molar-refractivity contribution is 0.392. The summed E-state index contributed by atoms with van der Waals surface area (Å²) >= 11 is 3.40. The van der Waals surface area contributed by atoms with Crippen LogP contribution in [0.2, 0.25) is 0 Å². The topological polar surface area (TPSA) is 35.8 Å². The Balaban J connectivity index is 2.13. The lowest BCUT2D eigenvalue weighted by Gasteiger charge is -2.22. The molecule has 0 saturated heterocycles. The van der Waals surface area contributed by atoms with Crippen LogP contribution in [0.4, 0.5) is 5.69 Å². The van der Waals surface area contributed by atoms with E-state index in [0.717, 1.165) is 21.6 Å². The minimum absolute atomic E-state index is 0.503. The van der Waals surface area contributed by atoms with Gasteiger partial charge in [-0.1, -0.05) is 36.2 Å². The summed E-state index contributed by atoms with van der Waals surface area (Å²) in [6, 6.07) is 8.62. The third-order valence-electron chi connectivity index (χ3n) is 4.19. The molecule has 1 aromatic carbocycles. The number of rotatable bonds is 3. The van der Waals surface area contributed by atoms with Crippen LogP contribution in [-0.4, -0.2) is 6.04 Å². The molecule has 1 saturated carbocycles. The first-order chi connectivity index (χ1) is 8.65. The van der Waals surface area contributed by atoms with E-state index < -0.39 is 0 Å². The molecule has 0 aliphatic heterocycles. The molecular weight excluding hydrogens is 288 g/mol. The highest BCUT2D eigenvalue weighted by atomic mass is 79.9. The summed E-state index contributed by atoms with van der Waals surface area (Å²) in [5.74, 6) is 1.51. The second kappa shape index (κ2) is 5.75. The Bertz CT molecular complexity index is 464. The van der Waals surface area contributed by atoms with Crippen LogP contribution in [0.15, 0.2) is 22.7 Å². The molecule has 2 rings (SSSR count). The number of nitrogens with one attached hydrogen (secondary N) is 1. The number of anilines is 1. The van der Waals surface area contributed by atoms with Crippen LogP contribution in [0.1, 0.15) is 38.7 Å². The smallest absolute Gasteiger partial charge is 0.101 e. The molecule has 96 valence electrons. The Labute approximate surface area is 118 Å². The van der Waals surface area contributed by atoms with Gasteiger partial charge in [0, 0.05) is 10.5 Å². The zero-order valence-electron chi connectivity index (χ0n) is 10.9. The van der Waals surface area contributed by atoms with Crippen molar-refractivity contribution in [2.24, 2.45) is 11.8 Å². The number of nitrogens with zero attached hydrogens (tertiary/aromatic N) is 1. The zero-order valence-corrected chi connectivity index (χ0v) is 12.5. The zero-order chi connectivity index (χ0) is 13.1. The summed E-state index contributed by atoms with van der Waals surface area (Å²) in [5.41, 5.74) is 1.69. The number of halogens is 1. The first-order valence-electron chi connectivity index (χ1n) is 6.62. The summed E-state index contributed by atoms with van der Waals surface area (Å²) in [7, 11) is 0. The van der Waals surface area contributed by atoms with Crippen LogP contribution in [0.5, 0.6) is 0 Å². The van der Waals surface area contributed by atoms with E-state index in [2.05, 4.69) is 41.2 Å². The molecule has 3 unspecified atom stereocenters. The van der Waals surface area contributed by atoms with Crippen molar-refractivity contribution in [3.05, 3.63) is 28.2 Å². The van der Waals surface area contributed by atoms with Crippen molar-refractivity contribution in [3.8, 4) is 6.07 Å². The molecule has 0 radical (unpaired) electrons. The highest BCUT2D eigenvalue weighted by molar-refractivity contribution is 9.10. The van der Waals surface area contributed by atoms with Crippen LogP contribution in [0.25, 0.3) is 0 Å². The quantitative estimate of drug-likeness (QED) is 0.888. The van der Waals surface area contributed by atoms with Gasteiger partial charge in [0.1, 0.15) is 6.07 Å². The first-order valence-corrected chi connectivity index (χ1v) is 7.41. The predicted octanol–water partition coefficient (Wildman–Crippen LogP) is 4.56. The fourth-order valence-corrected chi connectivity index (χ4v) is 3.32. The van der Waals surface area contributed by atoms with Gasteiger partial charge in [0.15, 0.2) is 0 Å². The molecule has 1 aliphatic carbocycles. The molecule has 1 aromatic rings. The summed E-state index contributed by atoms with van der Waals surface area (Å²) in [6.45, 7) is 4.59. The van der Waals surface area contributed by atoms with Crippen molar-refractivity contribution in [3.63, 3.8) is 0 Å². The van der Waals surface area contributed by atoms with Crippen LogP contribution in [0, 0.1) is 23.2 Å². The molecule has 0 aromatic heterocycles.